The van der Waals surface area contributed by atoms with Crippen molar-refractivity contribution >= 4 is 17.5 Å². The molecule has 13 heteroatoms. The molecule has 2 unspecified atom stereocenters. The average molecular weight is 447 g/mol. The van der Waals surface area contributed by atoms with Crippen LogP contribution in [0.3, 0.4) is 0 Å². The van der Waals surface area contributed by atoms with Gasteiger partial charge in [-0.2, -0.15) is 31.4 Å². The van der Waals surface area contributed by atoms with Crippen LogP contribution in [-0.2, 0) is 16.6 Å². The lowest BCUT2D eigenvalue weighted by Gasteiger charge is -2.34. The lowest BCUT2D eigenvalue weighted by Crippen LogP contribution is -2.48. The van der Waals surface area contributed by atoms with Crippen LogP contribution in [0.15, 0.2) is 18.3 Å². The Balaban J connectivity index is 1.37. The maximum absolute atomic E-state index is 13.6. The predicted molar refractivity (Wildman–Crippen MR) is 93.0 cm³/mol. The molecule has 1 saturated carbocycles. The Kier molecular flexibility index (Phi) is 3.96. The molecule has 0 spiro atoms. The number of hydrogen-bond acceptors (Lipinski definition) is 5. The van der Waals surface area contributed by atoms with Gasteiger partial charge in [-0.15, -0.1) is 0 Å². The van der Waals surface area contributed by atoms with Crippen LogP contribution in [0.1, 0.15) is 29.2 Å². The Morgan fingerprint density at radius 3 is 2.35 bits per heavy atom. The number of aromatic amines is 1. The summed E-state index contributed by atoms with van der Waals surface area (Å²) in [6.07, 6.45) is -9.97. The number of piperidine rings is 1. The Bertz CT molecular complexity index is 1040. The zero-order valence-electron chi connectivity index (χ0n) is 15.6. The molecule has 5 rings (SSSR count). The van der Waals surface area contributed by atoms with Gasteiger partial charge in [0.25, 0.3) is 0 Å². The Morgan fingerprint density at radius 2 is 1.81 bits per heavy atom. The van der Waals surface area contributed by atoms with Crippen molar-refractivity contribution in [1.29, 1.82) is 0 Å². The molecule has 3 aliphatic rings. The van der Waals surface area contributed by atoms with Crippen LogP contribution < -0.4 is 10.2 Å². The number of amides is 1. The van der Waals surface area contributed by atoms with Crippen molar-refractivity contribution < 1.29 is 36.2 Å². The standard InChI is InChI=1S/C18H15F6N5O2/c19-17(20,21)7-1-2-10(25-4-7)29-5-8-9(6-29)12(8)14-13-15(28-27-14)26-11(30)3-16(13,31)18(22,23)24/h1-2,4,8-9,12,31H,3,5-6H2,(H2,26,27,28,30)/t8-,9+,12?,16?. The van der Waals surface area contributed by atoms with Gasteiger partial charge in [0.2, 0.25) is 5.91 Å². The molecule has 1 saturated heterocycles. The van der Waals surface area contributed by atoms with Gasteiger partial charge in [0.1, 0.15) is 5.82 Å². The first-order chi connectivity index (χ1) is 14.4. The van der Waals surface area contributed by atoms with Gasteiger partial charge in [-0.05, 0) is 24.0 Å². The summed E-state index contributed by atoms with van der Waals surface area (Å²) in [6, 6.07) is 2.19. The van der Waals surface area contributed by atoms with Crippen LogP contribution in [0.25, 0.3) is 0 Å². The number of rotatable bonds is 2. The van der Waals surface area contributed by atoms with Crippen molar-refractivity contribution in [3.05, 3.63) is 35.2 Å². The van der Waals surface area contributed by atoms with Crippen LogP contribution >= 0.6 is 0 Å². The summed E-state index contributed by atoms with van der Waals surface area (Å²) in [4.78, 5) is 17.3. The third-order valence-corrected chi connectivity index (χ3v) is 6.28. The number of H-pyrrole nitrogens is 1. The number of pyridine rings is 1. The van der Waals surface area contributed by atoms with Crippen molar-refractivity contribution in [3.8, 4) is 0 Å². The highest BCUT2D eigenvalue weighted by atomic mass is 19.4. The van der Waals surface area contributed by atoms with Crippen molar-refractivity contribution in [2.75, 3.05) is 23.3 Å². The summed E-state index contributed by atoms with van der Waals surface area (Å²) in [5.41, 5.74) is -4.53. The highest BCUT2D eigenvalue weighted by Gasteiger charge is 2.65. The maximum atomic E-state index is 13.6. The Hall–Kier alpha value is -2.83. The molecular formula is C18H15F6N5O2. The number of aliphatic hydroxyl groups is 1. The van der Waals surface area contributed by atoms with Crippen molar-refractivity contribution in [1.82, 2.24) is 15.2 Å². The van der Waals surface area contributed by atoms with Crippen molar-refractivity contribution in [3.63, 3.8) is 0 Å². The second kappa shape index (κ2) is 6.11. The van der Waals surface area contributed by atoms with Crippen LogP contribution in [0.4, 0.5) is 38.0 Å². The molecule has 0 radical (unpaired) electrons. The minimum absolute atomic E-state index is 0.0799. The molecule has 31 heavy (non-hydrogen) atoms. The summed E-state index contributed by atoms with van der Waals surface area (Å²) in [7, 11) is 0. The van der Waals surface area contributed by atoms with Crippen LogP contribution in [0.2, 0.25) is 0 Å². The highest BCUT2D eigenvalue weighted by molar-refractivity contribution is 5.94. The molecule has 2 aromatic rings. The molecule has 166 valence electrons. The molecular weight excluding hydrogens is 432 g/mol. The molecule has 2 fully saturated rings. The number of carbonyl (C=O) groups excluding carboxylic acids is 1. The van der Waals surface area contributed by atoms with Gasteiger partial charge in [-0.3, -0.25) is 9.89 Å². The van der Waals surface area contributed by atoms with Crippen molar-refractivity contribution in [2.24, 2.45) is 11.8 Å². The third kappa shape index (κ3) is 2.97. The van der Waals surface area contributed by atoms with E-state index >= 15 is 0 Å². The fourth-order valence-corrected chi connectivity index (χ4v) is 4.73. The molecule has 3 N–H and O–H groups in total. The Labute approximate surface area is 170 Å². The fourth-order valence-electron chi connectivity index (χ4n) is 4.73. The number of fused-ring (bicyclic) bond motifs is 2. The number of anilines is 2. The first-order valence-corrected chi connectivity index (χ1v) is 9.36. The van der Waals surface area contributed by atoms with Gasteiger partial charge in [-0.25, -0.2) is 4.98 Å². The molecule has 1 amide bonds. The first-order valence-electron chi connectivity index (χ1n) is 9.36. The van der Waals surface area contributed by atoms with Gasteiger partial charge in [0, 0.05) is 30.9 Å². The summed E-state index contributed by atoms with van der Waals surface area (Å²) in [6.45, 7) is 0.774. The summed E-state index contributed by atoms with van der Waals surface area (Å²) < 4.78 is 79.0. The number of alkyl halides is 6. The van der Waals surface area contributed by atoms with Gasteiger partial charge < -0.3 is 15.3 Å². The van der Waals surface area contributed by atoms with E-state index in [1.807, 2.05) is 0 Å². The van der Waals surface area contributed by atoms with Gasteiger partial charge in [0.15, 0.2) is 11.4 Å². The number of aromatic nitrogens is 3. The first kappa shape index (κ1) is 20.1. The monoisotopic (exact) mass is 447 g/mol. The number of carbonyl (C=O) groups is 1. The van der Waals surface area contributed by atoms with E-state index in [1.54, 1.807) is 4.90 Å². The van der Waals surface area contributed by atoms with Crippen LogP contribution in [0.5, 0.6) is 0 Å². The highest BCUT2D eigenvalue weighted by Crippen LogP contribution is 2.61. The second-order valence-corrected chi connectivity index (χ2v) is 8.11. The Morgan fingerprint density at radius 1 is 1.13 bits per heavy atom. The van der Waals surface area contributed by atoms with E-state index in [1.165, 1.54) is 6.07 Å². The van der Waals surface area contributed by atoms with E-state index in [2.05, 4.69) is 20.5 Å². The van der Waals surface area contributed by atoms with Crippen LogP contribution in [-0.4, -0.2) is 45.5 Å². The lowest BCUT2D eigenvalue weighted by molar-refractivity contribution is -0.267. The molecule has 0 aromatic carbocycles. The summed E-state index contributed by atoms with van der Waals surface area (Å²) in [5.74, 6) is -1.47. The maximum Gasteiger partial charge on any atom is 0.422 e. The van der Waals surface area contributed by atoms with E-state index in [4.69, 9.17) is 0 Å². The molecule has 7 nitrogen and oxygen atoms in total. The normalized spacial score (nSPS) is 30.1. The molecule has 0 bridgehead atoms. The molecule has 2 aliphatic heterocycles. The van der Waals surface area contributed by atoms with E-state index in [-0.39, 0.29) is 29.3 Å². The second-order valence-electron chi connectivity index (χ2n) is 8.11. The largest absolute Gasteiger partial charge is 0.422 e. The van der Waals surface area contributed by atoms with Gasteiger partial charge in [-0.1, -0.05) is 0 Å². The van der Waals surface area contributed by atoms with Crippen molar-refractivity contribution in [2.45, 2.75) is 30.3 Å². The summed E-state index contributed by atoms with van der Waals surface area (Å²) >= 11 is 0. The number of nitrogens with zero attached hydrogens (tertiary/aromatic N) is 3. The van der Waals surface area contributed by atoms with E-state index in [0.29, 0.717) is 18.9 Å². The third-order valence-electron chi connectivity index (χ3n) is 6.28. The fraction of sp³-hybridized carbons (Fsp3) is 0.500. The zero-order chi connectivity index (χ0) is 22.3. The van der Waals surface area contributed by atoms with E-state index in [0.717, 1.165) is 12.3 Å². The number of halogens is 6. The zero-order valence-corrected chi connectivity index (χ0v) is 15.6. The minimum atomic E-state index is -5.07. The lowest BCUT2D eigenvalue weighted by atomic mass is 9.85. The van der Waals surface area contributed by atoms with Crippen LogP contribution in [0, 0.1) is 11.8 Å². The molecule has 4 atom stereocenters. The minimum Gasteiger partial charge on any atom is -0.376 e. The van der Waals surface area contributed by atoms with Gasteiger partial charge >= 0.3 is 12.4 Å². The average Bonchev–Trinajstić information content (AvgIpc) is 3.02. The molecule has 4 heterocycles. The quantitative estimate of drug-likeness (QED) is 0.616. The topological polar surface area (TPSA) is 94.1 Å². The van der Waals surface area contributed by atoms with E-state index < -0.39 is 41.4 Å². The van der Waals surface area contributed by atoms with Gasteiger partial charge in [0.05, 0.1) is 17.5 Å². The summed E-state index contributed by atoms with van der Waals surface area (Å²) in [5, 5.41) is 19.0. The SMILES string of the molecule is O=C1CC(O)(C(F)(F)F)c2c(n[nH]c2C2[C@H]3CN(c4ccc(C(F)(F)F)cn4)C[C@@H]23)N1. The smallest absolute Gasteiger partial charge is 0.376 e. The molecule has 1 aliphatic carbocycles. The van der Waals surface area contributed by atoms with E-state index in [9.17, 15) is 36.2 Å². The number of hydrogen-bond donors (Lipinski definition) is 3. The predicted octanol–water partition coefficient (Wildman–Crippen LogP) is 2.77. The molecule has 2 aromatic heterocycles. The number of nitrogens with one attached hydrogen (secondary N) is 2.